The summed E-state index contributed by atoms with van der Waals surface area (Å²) in [7, 11) is -5.50. The van der Waals surface area contributed by atoms with Gasteiger partial charge >= 0.3 is 0 Å². The summed E-state index contributed by atoms with van der Waals surface area (Å²) in [5.74, 6) is 1.11. The molecule has 1 heterocycles. The van der Waals surface area contributed by atoms with Gasteiger partial charge in [0.15, 0.2) is 11.5 Å². The lowest BCUT2D eigenvalue weighted by Gasteiger charge is -2.20. The lowest BCUT2D eigenvalue weighted by Crippen LogP contribution is -2.35. The van der Waals surface area contributed by atoms with Crippen molar-refractivity contribution in [2.45, 2.75) is 49.6 Å². The van der Waals surface area contributed by atoms with Gasteiger partial charge in [0.05, 0.1) is 30.7 Å². The summed E-state index contributed by atoms with van der Waals surface area (Å²) in [5.41, 5.74) is 1.53. The van der Waals surface area contributed by atoms with E-state index in [4.69, 9.17) is 9.47 Å². The third kappa shape index (κ3) is 4.12. The van der Waals surface area contributed by atoms with Crippen molar-refractivity contribution in [3.63, 3.8) is 0 Å². The molecule has 2 aromatic rings. The summed E-state index contributed by atoms with van der Waals surface area (Å²) in [6, 6.07) is 10.7. The molecule has 0 aromatic heterocycles. The van der Waals surface area contributed by atoms with Gasteiger partial charge in [-0.05, 0) is 62.4 Å². The molecule has 0 bridgehead atoms. The van der Waals surface area contributed by atoms with E-state index in [1.807, 2.05) is 6.92 Å². The van der Waals surface area contributed by atoms with Gasteiger partial charge in [0, 0.05) is 7.05 Å². The summed E-state index contributed by atoms with van der Waals surface area (Å²) in [6.07, 6.45) is 4.26. The first-order valence-corrected chi connectivity index (χ1v) is 13.4. The minimum atomic E-state index is -4.23. The number of hydrogen-bond acceptors (Lipinski definition) is 6. The van der Waals surface area contributed by atoms with Crippen LogP contribution >= 0.6 is 0 Å². The molecule has 10 heteroatoms. The Bertz CT molecular complexity index is 1190. The Morgan fingerprint density at radius 1 is 1.00 bits per heavy atom. The molecule has 174 valence electrons. The molecule has 2 fully saturated rings. The zero-order chi connectivity index (χ0) is 23.1. The zero-order valence-corrected chi connectivity index (χ0v) is 20.0. The van der Waals surface area contributed by atoms with Crippen LogP contribution in [0.4, 0.5) is 0 Å². The lowest BCUT2D eigenvalue weighted by molar-refractivity contribution is 0.200. The van der Waals surface area contributed by atoms with Crippen molar-refractivity contribution in [3.8, 4) is 11.5 Å². The molecule has 32 heavy (non-hydrogen) atoms. The molecule has 1 saturated heterocycles. The van der Waals surface area contributed by atoms with E-state index in [0.29, 0.717) is 20.8 Å². The first kappa shape index (κ1) is 23.0. The summed E-state index contributed by atoms with van der Waals surface area (Å²) in [6.45, 7) is 1.62. The summed E-state index contributed by atoms with van der Waals surface area (Å²) in [4.78, 5) is -0.0549. The van der Waals surface area contributed by atoms with Crippen LogP contribution in [-0.4, -0.2) is 51.7 Å². The number of methoxy groups -OCH3 is 1. The molecule has 1 aliphatic carbocycles. The Hall–Kier alpha value is -2.14. The highest BCUT2D eigenvalue weighted by Crippen LogP contribution is 2.40. The van der Waals surface area contributed by atoms with Gasteiger partial charge in [-0.25, -0.2) is 8.42 Å². The number of ether oxygens (including phenoxy) is 2. The van der Waals surface area contributed by atoms with Crippen LogP contribution in [0.15, 0.2) is 47.4 Å². The van der Waals surface area contributed by atoms with Gasteiger partial charge in [-0.3, -0.25) is 0 Å². The lowest BCUT2D eigenvalue weighted by atomic mass is 10.1. The maximum absolute atomic E-state index is 13.2. The molecule has 1 unspecified atom stereocenters. The van der Waals surface area contributed by atoms with Crippen LogP contribution in [0.3, 0.4) is 0 Å². The van der Waals surface area contributed by atoms with Crippen LogP contribution in [0.25, 0.3) is 0 Å². The largest absolute Gasteiger partial charge is 0.493 e. The van der Waals surface area contributed by atoms with E-state index in [9.17, 15) is 16.8 Å². The van der Waals surface area contributed by atoms with E-state index >= 15 is 0 Å². The van der Waals surface area contributed by atoms with Crippen LogP contribution in [0.5, 0.6) is 11.5 Å². The maximum Gasteiger partial charge on any atom is 0.295 e. The van der Waals surface area contributed by atoms with Crippen LogP contribution < -0.4 is 9.47 Å². The summed E-state index contributed by atoms with van der Waals surface area (Å²) < 4.78 is 65.7. The number of hydrogen-bond donors (Lipinski definition) is 0. The highest BCUT2D eigenvalue weighted by Gasteiger charge is 2.49. The van der Waals surface area contributed by atoms with Crippen LogP contribution in [-0.2, 0) is 20.2 Å². The maximum atomic E-state index is 13.2. The molecule has 0 amide bonds. The first-order chi connectivity index (χ1) is 15.1. The monoisotopic (exact) mass is 480 g/mol. The second-order valence-corrected chi connectivity index (χ2v) is 12.3. The van der Waals surface area contributed by atoms with Crippen LogP contribution in [0.1, 0.15) is 42.9 Å². The van der Waals surface area contributed by atoms with Crippen LogP contribution in [0, 0.1) is 6.92 Å². The smallest absolute Gasteiger partial charge is 0.295 e. The fourth-order valence-corrected chi connectivity index (χ4v) is 7.94. The number of benzene rings is 2. The summed E-state index contributed by atoms with van der Waals surface area (Å²) in [5, 5.41) is 0. The Balaban J connectivity index is 1.67. The van der Waals surface area contributed by atoms with Gasteiger partial charge in [0.1, 0.15) is 0 Å². The van der Waals surface area contributed by atoms with Crippen LogP contribution in [0.2, 0.25) is 0 Å². The second-order valence-electron chi connectivity index (χ2n) is 8.25. The fourth-order valence-electron chi connectivity index (χ4n) is 4.20. The van der Waals surface area contributed by atoms with Crippen molar-refractivity contribution in [2.24, 2.45) is 0 Å². The van der Waals surface area contributed by atoms with Crippen molar-refractivity contribution < 1.29 is 26.3 Å². The molecular weight excluding hydrogens is 452 g/mol. The predicted molar refractivity (Wildman–Crippen MR) is 120 cm³/mol. The number of nitrogens with zero attached hydrogens (tertiary/aromatic N) is 2. The highest BCUT2D eigenvalue weighted by atomic mass is 32.3. The van der Waals surface area contributed by atoms with Crippen molar-refractivity contribution in [1.82, 2.24) is 8.02 Å². The van der Waals surface area contributed by atoms with Gasteiger partial charge in [0.2, 0.25) is 0 Å². The molecule has 0 spiro atoms. The van der Waals surface area contributed by atoms with Gasteiger partial charge in [0.25, 0.3) is 20.2 Å². The van der Waals surface area contributed by atoms with E-state index in [0.717, 1.165) is 35.6 Å². The van der Waals surface area contributed by atoms with E-state index in [-0.39, 0.29) is 17.5 Å². The average Bonchev–Trinajstić information content (AvgIpc) is 3.35. The molecule has 2 aromatic carbocycles. The Morgan fingerprint density at radius 2 is 1.66 bits per heavy atom. The topological polar surface area (TPSA) is 93.2 Å². The van der Waals surface area contributed by atoms with Crippen molar-refractivity contribution >= 4 is 20.2 Å². The quantitative estimate of drug-likeness (QED) is 0.630. The van der Waals surface area contributed by atoms with E-state index < -0.39 is 26.3 Å². The molecule has 8 nitrogen and oxygen atoms in total. The standard InChI is InChI=1S/C22H28N2O6S2/c1-16-8-11-19(12-9-16)31(25,26)24-15-20(23(2)32(24,27)28)17-10-13-21(29-3)22(14-17)30-18-6-4-5-7-18/h8-14,18,20H,4-7,15H2,1-3H3. The van der Waals surface area contributed by atoms with E-state index in [1.54, 1.807) is 37.4 Å². The Labute approximate surface area is 190 Å². The molecular formula is C22H28N2O6S2. The number of sulfonamides is 1. The number of likely N-dealkylation sites (N-methyl/N-ethyl adjacent to an activating group) is 1. The first-order valence-electron chi connectivity index (χ1n) is 10.6. The molecule has 1 atom stereocenters. The molecule has 2 aliphatic rings. The number of aryl methyl sites for hydroxylation is 1. The molecule has 1 aliphatic heterocycles. The fraction of sp³-hybridized carbons (Fsp3) is 0.455. The van der Waals surface area contributed by atoms with Gasteiger partial charge in [-0.15, -0.1) is 0 Å². The zero-order valence-electron chi connectivity index (χ0n) is 18.4. The van der Waals surface area contributed by atoms with Gasteiger partial charge < -0.3 is 9.47 Å². The van der Waals surface area contributed by atoms with Crippen molar-refractivity contribution in [1.29, 1.82) is 0 Å². The second kappa shape index (κ2) is 8.66. The third-order valence-corrected chi connectivity index (χ3v) is 10.5. The third-order valence-electron chi connectivity index (χ3n) is 6.14. The molecule has 4 rings (SSSR count). The highest BCUT2D eigenvalue weighted by molar-refractivity contribution is 8.03. The predicted octanol–water partition coefficient (Wildman–Crippen LogP) is 3.25. The van der Waals surface area contributed by atoms with Gasteiger partial charge in [-0.1, -0.05) is 27.5 Å². The van der Waals surface area contributed by atoms with Gasteiger partial charge in [-0.2, -0.15) is 12.7 Å². The molecule has 0 radical (unpaired) electrons. The number of rotatable bonds is 6. The molecule has 1 saturated carbocycles. The minimum Gasteiger partial charge on any atom is -0.493 e. The normalized spacial score (nSPS) is 22.3. The minimum absolute atomic E-state index is 0.0549. The van der Waals surface area contributed by atoms with E-state index in [1.165, 1.54) is 19.2 Å². The van der Waals surface area contributed by atoms with E-state index in [2.05, 4.69) is 0 Å². The molecule has 0 N–H and O–H groups in total. The average molecular weight is 481 g/mol. The Morgan fingerprint density at radius 3 is 2.28 bits per heavy atom. The van der Waals surface area contributed by atoms with Crippen molar-refractivity contribution in [2.75, 3.05) is 20.7 Å². The Kier molecular flexibility index (Phi) is 6.23. The summed E-state index contributed by atoms with van der Waals surface area (Å²) >= 11 is 0. The SMILES string of the molecule is COc1ccc(C2CN(S(=O)(=O)c3ccc(C)cc3)S(=O)(=O)N2C)cc1OC1CCCC1. The van der Waals surface area contributed by atoms with Crippen molar-refractivity contribution in [3.05, 3.63) is 53.6 Å².